The number of rotatable bonds is 4. The highest BCUT2D eigenvalue weighted by Crippen LogP contribution is 2.20. The predicted octanol–water partition coefficient (Wildman–Crippen LogP) is 2.37. The van der Waals surface area contributed by atoms with Crippen molar-refractivity contribution in [3.8, 4) is 5.75 Å². The van der Waals surface area contributed by atoms with E-state index in [4.69, 9.17) is 4.74 Å². The normalized spacial score (nSPS) is 20.0. The van der Waals surface area contributed by atoms with Gasteiger partial charge >= 0.3 is 0 Å². The van der Waals surface area contributed by atoms with Crippen molar-refractivity contribution in [2.75, 3.05) is 32.6 Å². The fraction of sp³-hybridized carbons (Fsp3) is 0.533. The first-order valence-corrected chi connectivity index (χ1v) is 6.80. The SMILES string of the molecule is COc1cccc(NC(=O)CC2CCCN(C)C2)c1. The molecule has 104 valence electrons. The summed E-state index contributed by atoms with van der Waals surface area (Å²) in [5.41, 5.74) is 0.800. The molecule has 1 atom stereocenters. The summed E-state index contributed by atoms with van der Waals surface area (Å²) >= 11 is 0. The van der Waals surface area contributed by atoms with Gasteiger partial charge in [0.1, 0.15) is 5.75 Å². The Morgan fingerprint density at radius 3 is 3.11 bits per heavy atom. The molecule has 0 aromatic heterocycles. The van der Waals surface area contributed by atoms with Crippen LogP contribution in [0.4, 0.5) is 5.69 Å². The monoisotopic (exact) mass is 262 g/mol. The molecule has 1 amide bonds. The number of piperidine rings is 1. The summed E-state index contributed by atoms with van der Waals surface area (Å²) < 4.78 is 5.14. The van der Waals surface area contributed by atoms with Crippen molar-refractivity contribution in [2.24, 2.45) is 5.92 Å². The highest BCUT2D eigenvalue weighted by molar-refractivity contribution is 5.91. The van der Waals surface area contributed by atoms with Gasteiger partial charge in [0.2, 0.25) is 5.91 Å². The number of likely N-dealkylation sites (tertiary alicyclic amines) is 1. The average Bonchev–Trinajstić information content (AvgIpc) is 2.38. The molecule has 4 nitrogen and oxygen atoms in total. The molecular weight excluding hydrogens is 240 g/mol. The molecule has 2 rings (SSSR count). The fourth-order valence-electron chi connectivity index (χ4n) is 2.61. The van der Waals surface area contributed by atoms with E-state index in [9.17, 15) is 4.79 Å². The molecule has 0 spiro atoms. The van der Waals surface area contributed by atoms with Crippen LogP contribution in [-0.2, 0) is 4.79 Å². The van der Waals surface area contributed by atoms with Crippen LogP contribution < -0.4 is 10.1 Å². The third-order valence-corrected chi connectivity index (χ3v) is 3.55. The maximum atomic E-state index is 12.0. The van der Waals surface area contributed by atoms with Gasteiger partial charge in [0.15, 0.2) is 0 Å². The van der Waals surface area contributed by atoms with Crippen LogP contribution in [0.15, 0.2) is 24.3 Å². The van der Waals surface area contributed by atoms with Crippen molar-refractivity contribution < 1.29 is 9.53 Å². The molecule has 1 aliphatic heterocycles. The lowest BCUT2D eigenvalue weighted by atomic mass is 9.95. The predicted molar refractivity (Wildman–Crippen MR) is 76.5 cm³/mol. The van der Waals surface area contributed by atoms with Crippen LogP contribution in [0.1, 0.15) is 19.3 Å². The number of carbonyl (C=O) groups is 1. The van der Waals surface area contributed by atoms with Crippen molar-refractivity contribution >= 4 is 11.6 Å². The zero-order chi connectivity index (χ0) is 13.7. The second kappa shape index (κ2) is 6.57. The molecule has 1 aromatic carbocycles. The molecule has 1 saturated heterocycles. The lowest BCUT2D eigenvalue weighted by molar-refractivity contribution is -0.117. The molecule has 0 saturated carbocycles. The zero-order valence-corrected chi connectivity index (χ0v) is 11.7. The summed E-state index contributed by atoms with van der Waals surface area (Å²) in [6, 6.07) is 7.47. The molecule has 0 aliphatic carbocycles. The average molecular weight is 262 g/mol. The Balaban J connectivity index is 1.86. The van der Waals surface area contributed by atoms with Crippen LogP contribution in [0.2, 0.25) is 0 Å². The largest absolute Gasteiger partial charge is 0.497 e. The number of nitrogens with one attached hydrogen (secondary N) is 1. The highest BCUT2D eigenvalue weighted by Gasteiger charge is 2.19. The van der Waals surface area contributed by atoms with Gasteiger partial charge in [-0.05, 0) is 44.5 Å². The number of hydrogen-bond donors (Lipinski definition) is 1. The van der Waals surface area contributed by atoms with E-state index in [-0.39, 0.29) is 5.91 Å². The van der Waals surface area contributed by atoms with Gasteiger partial charge in [-0.1, -0.05) is 6.07 Å². The number of nitrogens with zero attached hydrogens (tertiary/aromatic N) is 1. The second-order valence-electron chi connectivity index (χ2n) is 5.25. The Kier molecular flexibility index (Phi) is 4.80. The standard InChI is InChI=1S/C15H22N2O2/c1-17-8-4-5-12(11-17)9-15(18)16-13-6-3-7-14(10-13)19-2/h3,6-7,10,12H,4-5,8-9,11H2,1-2H3,(H,16,18). The number of amides is 1. The Morgan fingerprint density at radius 1 is 1.53 bits per heavy atom. The van der Waals surface area contributed by atoms with Gasteiger partial charge in [-0.15, -0.1) is 0 Å². The molecule has 0 bridgehead atoms. The van der Waals surface area contributed by atoms with E-state index in [1.807, 2.05) is 24.3 Å². The van der Waals surface area contributed by atoms with Gasteiger partial charge in [0, 0.05) is 24.7 Å². The van der Waals surface area contributed by atoms with Crippen molar-refractivity contribution in [2.45, 2.75) is 19.3 Å². The number of carbonyl (C=O) groups excluding carboxylic acids is 1. The van der Waals surface area contributed by atoms with E-state index >= 15 is 0 Å². The smallest absolute Gasteiger partial charge is 0.224 e. The van der Waals surface area contributed by atoms with Gasteiger partial charge in [0.05, 0.1) is 7.11 Å². The van der Waals surface area contributed by atoms with Crippen LogP contribution >= 0.6 is 0 Å². The lowest BCUT2D eigenvalue weighted by Crippen LogP contribution is -2.34. The van der Waals surface area contributed by atoms with Crippen LogP contribution in [0.5, 0.6) is 5.75 Å². The first kappa shape index (κ1) is 13.9. The molecule has 1 unspecified atom stereocenters. The minimum absolute atomic E-state index is 0.0913. The first-order valence-electron chi connectivity index (χ1n) is 6.80. The summed E-state index contributed by atoms with van der Waals surface area (Å²) in [5, 5.41) is 2.94. The van der Waals surface area contributed by atoms with Gasteiger partial charge < -0.3 is 15.0 Å². The maximum Gasteiger partial charge on any atom is 0.224 e. The highest BCUT2D eigenvalue weighted by atomic mass is 16.5. The topological polar surface area (TPSA) is 41.6 Å². The van der Waals surface area contributed by atoms with Crippen LogP contribution in [-0.4, -0.2) is 38.1 Å². The zero-order valence-electron chi connectivity index (χ0n) is 11.7. The van der Waals surface area contributed by atoms with Crippen molar-refractivity contribution in [3.05, 3.63) is 24.3 Å². The van der Waals surface area contributed by atoms with E-state index in [1.165, 1.54) is 6.42 Å². The van der Waals surface area contributed by atoms with Crippen LogP contribution in [0.25, 0.3) is 0 Å². The third kappa shape index (κ3) is 4.24. The molecule has 1 fully saturated rings. The summed E-state index contributed by atoms with van der Waals surface area (Å²) in [6.07, 6.45) is 2.94. The summed E-state index contributed by atoms with van der Waals surface area (Å²) in [5.74, 6) is 1.33. The van der Waals surface area contributed by atoms with Gasteiger partial charge in [0.25, 0.3) is 0 Å². The Morgan fingerprint density at radius 2 is 2.37 bits per heavy atom. The lowest BCUT2D eigenvalue weighted by Gasteiger charge is -2.29. The maximum absolute atomic E-state index is 12.0. The Hall–Kier alpha value is -1.55. The molecule has 1 N–H and O–H groups in total. The minimum atomic E-state index is 0.0913. The third-order valence-electron chi connectivity index (χ3n) is 3.55. The Bertz CT molecular complexity index is 434. The Labute approximate surface area is 114 Å². The summed E-state index contributed by atoms with van der Waals surface area (Å²) in [7, 11) is 3.74. The molecular formula is C15H22N2O2. The quantitative estimate of drug-likeness (QED) is 0.905. The molecule has 0 radical (unpaired) electrons. The molecule has 4 heteroatoms. The van der Waals surface area contributed by atoms with E-state index in [1.54, 1.807) is 7.11 Å². The van der Waals surface area contributed by atoms with Crippen molar-refractivity contribution in [3.63, 3.8) is 0 Å². The number of benzene rings is 1. The summed E-state index contributed by atoms with van der Waals surface area (Å²) in [4.78, 5) is 14.3. The first-order chi connectivity index (χ1) is 9.17. The molecule has 1 heterocycles. The van der Waals surface area contributed by atoms with Crippen LogP contribution in [0, 0.1) is 5.92 Å². The fourth-order valence-corrected chi connectivity index (χ4v) is 2.61. The number of methoxy groups -OCH3 is 1. The van der Waals surface area contributed by atoms with E-state index in [0.29, 0.717) is 12.3 Å². The van der Waals surface area contributed by atoms with Gasteiger partial charge in [-0.2, -0.15) is 0 Å². The van der Waals surface area contributed by atoms with Gasteiger partial charge in [-0.25, -0.2) is 0 Å². The summed E-state index contributed by atoms with van der Waals surface area (Å²) in [6.45, 7) is 2.17. The number of ether oxygens (including phenoxy) is 1. The van der Waals surface area contributed by atoms with Crippen molar-refractivity contribution in [1.29, 1.82) is 0 Å². The van der Waals surface area contributed by atoms with Gasteiger partial charge in [-0.3, -0.25) is 4.79 Å². The molecule has 1 aromatic rings. The van der Waals surface area contributed by atoms with E-state index in [0.717, 1.165) is 30.9 Å². The molecule has 1 aliphatic rings. The number of anilines is 1. The molecule has 19 heavy (non-hydrogen) atoms. The van der Waals surface area contributed by atoms with Crippen LogP contribution in [0.3, 0.4) is 0 Å². The van der Waals surface area contributed by atoms with E-state index < -0.39 is 0 Å². The second-order valence-corrected chi connectivity index (χ2v) is 5.25. The number of hydrogen-bond acceptors (Lipinski definition) is 3. The van der Waals surface area contributed by atoms with Crippen molar-refractivity contribution in [1.82, 2.24) is 4.90 Å². The minimum Gasteiger partial charge on any atom is -0.497 e. The van der Waals surface area contributed by atoms with E-state index in [2.05, 4.69) is 17.3 Å².